The normalized spacial score (nSPS) is 18.2. The molecule has 1 unspecified atom stereocenters. The molecule has 0 saturated carbocycles. The third-order valence-electron chi connectivity index (χ3n) is 2.94. The maximum absolute atomic E-state index is 12.1. The third kappa shape index (κ3) is 2.98. The van der Waals surface area contributed by atoms with Gasteiger partial charge in [0.05, 0.1) is 5.56 Å². The summed E-state index contributed by atoms with van der Waals surface area (Å²) in [5.74, 6) is -0.0559. The van der Waals surface area contributed by atoms with Crippen molar-refractivity contribution in [3.05, 3.63) is 23.9 Å². The number of nitrogens with zero attached hydrogens (tertiary/aromatic N) is 2. The zero-order valence-electron chi connectivity index (χ0n) is 11.3. The number of rotatable bonds is 3. The number of aromatic nitrogens is 1. The fourth-order valence-electron chi connectivity index (χ4n) is 2.12. The van der Waals surface area contributed by atoms with E-state index in [4.69, 9.17) is 0 Å². The lowest BCUT2D eigenvalue weighted by Crippen LogP contribution is -2.30. The van der Waals surface area contributed by atoms with Gasteiger partial charge in [-0.1, -0.05) is 11.8 Å². The first-order chi connectivity index (χ1) is 9.52. The molecule has 7 heteroatoms. The van der Waals surface area contributed by atoms with E-state index in [1.54, 1.807) is 18.3 Å². The highest BCUT2D eigenvalue weighted by molar-refractivity contribution is 8.14. The molecule has 2 rings (SSSR count). The molecule has 0 aromatic carbocycles. The van der Waals surface area contributed by atoms with Gasteiger partial charge in [-0.25, -0.2) is 4.98 Å². The standard InChI is InChI=1S/C13H15N3O3S/c1-8(17)20-9-6-11(18)16(7-9)12-10(13(19)14-2)4-3-5-15-12/h3-5,9H,6-7H2,1-2H3,(H,14,19). The van der Waals surface area contributed by atoms with Crippen LogP contribution >= 0.6 is 11.8 Å². The van der Waals surface area contributed by atoms with E-state index in [0.717, 1.165) is 11.8 Å². The summed E-state index contributed by atoms with van der Waals surface area (Å²) in [4.78, 5) is 40.6. The van der Waals surface area contributed by atoms with Crippen molar-refractivity contribution < 1.29 is 14.4 Å². The summed E-state index contributed by atoms with van der Waals surface area (Å²) in [6, 6.07) is 3.27. The van der Waals surface area contributed by atoms with Crippen LogP contribution in [0.1, 0.15) is 23.7 Å². The number of amides is 2. The second-order valence-corrected chi connectivity index (χ2v) is 5.87. The summed E-state index contributed by atoms with van der Waals surface area (Å²) < 4.78 is 0. The highest BCUT2D eigenvalue weighted by Crippen LogP contribution is 2.29. The molecule has 2 heterocycles. The number of thioether (sulfide) groups is 1. The number of carbonyl (C=O) groups excluding carboxylic acids is 3. The van der Waals surface area contributed by atoms with Gasteiger partial charge < -0.3 is 5.32 Å². The lowest BCUT2D eigenvalue weighted by molar-refractivity contribution is -0.117. The van der Waals surface area contributed by atoms with E-state index in [-0.39, 0.29) is 28.6 Å². The second-order valence-electron chi connectivity index (χ2n) is 4.39. The van der Waals surface area contributed by atoms with Crippen LogP contribution in [0.5, 0.6) is 0 Å². The maximum Gasteiger partial charge on any atom is 0.254 e. The first-order valence-electron chi connectivity index (χ1n) is 6.17. The molecule has 6 nitrogen and oxygen atoms in total. The van der Waals surface area contributed by atoms with Gasteiger partial charge in [-0.15, -0.1) is 0 Å². The molecule has 1 saturated heterocycles. The van der Waals surface area contributed by atoms with Crippen molar-refractivity contribution in [2.45, 2.75) is 18.6 Å². The summed E-state index contributed by atoms with van der Waals surface area (Å²) in [6.07, 6.45) is 1.83. The van der Waals surface area contributed by atoms with Gasteiger partial charge in [0.1, 0.15) is 5.82 Å². The van der Waals surface area contributed by atoms with E-state index >= 15 is 0 Å². The largest absolute Gasteiger partial charge is 0.355 e. The van der Waals surface area contributed by atoms with Gasteiger partial charge in [0.25, 0.3) is 5.91 Å². The number of pyridine rings is 1. The van der Waals surface area contributed by atoms with Crippen LogP contribution < -0.4 is 10.2 Å². The van der Waals surface area contributed by atoms with Crippen LogP contribution in [0.3, 0.4) is 0 Å². The molecule has 1 aromatic rings. The lowest BCUT2D eigenvalue weighted by Gasteiger charge is -2.18. The smallest absolute Gasteiger partial charge is 0.254 e. The van der Waals surface area contributed by atoms with Gasteiger partial charge in [-0.05, 0) is 12.1 Å². The van der Waals surface area contributed by atoms with Gasteiger partial charge in [-0.3, -0.25) is 19.3 Å². The topological polar surface area (TPSA) is 79.4 Å². The van der Waals surface area contributed by atoms with Crippen molar-refractivity contribution in [3.63, 3.8) is 0 Å². The Kier molecular flexibility index (Phi) is 4.39. The predicted octanol–water partition coefficient (Wildman–Crippen LogP) is 0.826. The van der Waals surface area contributed by atoms with Crippen molar-refractivity contribution in [1.29, 1.82) is 0 Å². The van der Waals surface area contributed by atoms with E-state index in [9.17, 15) is 14.4 Å². The lowest BCUT2D eigenvalue weighted by atomic mass is 10.2. The Morgan fingerprint density at radius 3 is 2.90 bits per heavy atom. The van der Waals surface area contributed by atoms with Crippen LogP contribution in [0.15, 0.2) is 18.3 Å². The molecular formula is C13H15N3O3S. The molecule has 1 fully saturated rings. The highest BCUT2D eigenvalue weighted by Gasteiger charge is 2.34. The van der Waals surface area contributed by atoms with E-state index in [1.165, 1.54) is 18.9 Å². The second kappa shape index (κ2) is 6.04. The molecule has 2 amide bonds. The molecule has 106 valence electrons. The Bertz CT molecular complexity index is 562. The van der Waals surface area contributed by atoms with E-state index in [1.807, 2.05) is 0 Å². The summed E-state index contributed by atoms with van der Waals surface area (Å²) in [7, 11) is 1.53. The summed E-state index contributed by atoms with van der Waals surface area (Å²) >= 11 is 1.15. The third-order valence-corrected chi connectivity index (χ3v) is 3.92. The molecule has 0 spiro atoms. The molecule has 1 aliphatic rings. The van der Waals surface area contributed by atoms with Gasteiger partial charge >= 0.3 is 0 Å². The van der Waals surface area contributed by atoms with Gasteiger partial charge in [0.2, 0.25) is 5.91 Å². The average Bonchev–Trinajstić information content (AvgIpc) is 2.77. The van der Waals surface area contributed by atoms with Crippen molar-refractivity contribution in [2.24, 2.45) is 0 Å². The molecule has 1 N–H and O–H groups in total. The van der Waals surface area contributed by atoms with Crippen LogP contribution in [0.4, 0.5) is 5.82 Å². The summed E-state index contributed by atoms with van der Waals surface area (Å²) in [5, 5.41) is 2.43. The van der Waals surface area contributed by atoms with E-state index in [2.05, 4.69) is 10.3 Å². The van der Waals surface area contributed by atoms with Crippen LogP contribution in [0, 0.1) is 0 Å². The van der Waals surface area contributed by atoms with Crippen molar-refractivity contribution >= 4 is 34.5 Å². The maximum atomic E-state index is 12.1. The number of hydrogen-bond acceptors (Lipinski definition) is 5. The first kappa shape index (κ1) is 14.5. The molecule has 0 aliphatic carbocycles. The van der Waals surface area contributed by atoms with Crippen LogP contribution in [0.2, 0.25) is 0 Å². The summed E-state index contributed by atoms with van der Waals surface area (Å²) in [6.45, 7) is 1.87. The monoisotopic (exact) mass is 293 g/mol. The zero-order chi connectivity index (χ0) is 14.7. The SMILES string of the molecule is CNC(=O)c1cccnc1N1CC(SC(C)=O)CC1=O. The minimum Gasteiger partial charge on any atom is -0.355 e. The van der Waals surface area contributed by atoms with E-state index < -0.39 is 0 Å². The zero-order valence-corrected chi connectivity index (χ0v) is 12.1. The minimum atomic E-state index is -0.288. The quantitative estimate of drug-likeness (QED) is 0.893. The Labute approximate surface area is 120 Å². The molecule has 1 aromatic heterocycles. The van der Waals surface area contributed by atoms with Crippen molar-refractivity contribution in [1.82, 2.24) is 10.3 Å². The fraction of sp³-hybridized carbons (Fsp3) is 0.385. The molecule has 1 aliphatic heterocycles. The summed E-state index contributed by atoms with van der Waals surface area (Å²) in [5.41, 5.74) is 0.358. The van der Waals surface area contributed by atoms with Gasteiger partial charge in [0, 0.05) is 38.4 Å². The Hall–Kier alpha value is -1.89. The Morgan fingerprint density at radius 1 is 1.50 bits per heavy atom. The molecule has 0 bridgehead atoms. The predicted molar refractivity (Wildman–Crippen MR) is 76.7 cm³/mol. The molecule has 0 radical (unpaired) electrons. The molecular weight excluding hydrogens is 278 g/mol. The van der Waals surface area contributed by atoms with Crippen molar-refractivity contribution in [3.8, 4) is 0 Å². The Morgan fingerprint density at radius 2 is 2.25 bits per heavy atom. The van der Waals surface area contributed by atoms with Crippen molar-refractivity contribution in [2.75, 3.05) is 18.5 Å². The molecule has 20 heavy (non-hydrogen) atoms. The van der Waals surface area contributed by atoms with Gasteiger partial charge in [-0.2, -0.15) is 0 Å². The average molecular weight is 293 g/mol. The number of anilines is 1. The van der Waals surface area contributed by atoms with Crippen LogP contribution in [-0.2, 0) is 9.59 Å². The Balaban J connectivity index is 2.26. The highest BCUT2D eigenvalue weighted by atomic mass is 32.2. The number of carbonyl (C=O) groups is 3. The van der Waals surface area contributed by atoms with Crippen LogP contribution in [0.25, 0.3) is 0 Å². The van der Waals surface area contributed by atoms with E-state index in [0.29, 0.717) is 17.9 Å². The van der Waals surface area contributed by atoms with Crippen LogP contribution in [-0.4, -0.2) is 40.8 Å². The fourth-order valence-corrected chi connectivity index (χ4v) is 3.04. The number of hydrogen-bond donors (Lipinski definition) is 1. The van der Waals surface area contributed by atoms with Gasteiger partial charge in [0.15, 0.2) is 5.12 Å². The number of nitrogens with one attached hydrogen (secondary N) is 1. The molecule has 1 atom stereocenters. The first-order valence-corrected chi connectivity index (χ1v) is 7.05. The minimum absolute atomic E-state index is 0.0165.